The molecule has 0 heterocycles. The van der Waals surface area contributed by atoms with Gasteiger partial charge in [-0.2, -0.15) is 0 Å². The van der Waals surface area contributed by atoms with E-state index in [1.165, 1.54) is 0 Å². The van der Waals surface area contributed by atoms with Crippen LogP contribution in [0.1, 0.15) is 12.8 Å². The van der Waals surface area contributed by atoms with Crippen molar-refractivity contribution in [3.8, 4) is 0 Å². The fraction of sp³-hybridized carbons (Fsp3) is 0.800. The largest absolute Gasteiger partial charge is 0.461 e. The van der Waals surface area contributed by atoms with Crippen LogP contribution in [0.2, 0.25) is 0 Å². The first kappa shape index (κ1) is 9.43. The molecule has 47 valence electrons. The van der Waals surface area contributed by atoms with Crippen molar-refractivity contribution in [2.45, 2.75) is 18.9 Å². The van der Waals surface area contributed by atoms with Crippen LogP contribution in [0.25, 0.3) is 0 Å². The van der Waals surface area contributed by atoms with Crippen molar-refractivity contribution in [1.82, 2.24) is 0 Å². The summed E-state index contributed by atoms with van der Waals surface area (Å²) in [6, 6.07) is 0. The third kappa shape index (κ3) is 3.92. The monoisotopic (exact) mass is 138 g/mol. The van der Waals surface area contributed by atoms with E-state index in [2.05, 4.69) is 0 Å². The second kappa shape index (κ2) is 4.28. The van der Waals surface area contributed by atoms with E-state index in [1.807, 2.05) is 0 Å². The predicted octanol–water partition coefficient (Wildman–Crippen LogP) is -0.730. The van der Waals surface area contributed by atoms with Gasteiger partial charge >= 0.3 is 5.97 Å². The third-order valence-electron chi connectivity index (χ3n) is 0.989. The van der Waals surface area contributed by atoms with E-state index in [0.29, 0.717) is 0 Å². The quantitative estimate of drug-likeness (QED) is 0.404. The average molecular weight is 138 g/mol. The zero-order valence-corrected chi connectivity index (χ0v) is 7.59. The van der Waals surface area contributed by atoms with Gasteiger partial charge in [0, 0.05) is 29.6 Å². The molecule has 0 saturated heterocycles. The molecule has 1 saturated carbocycles. The van der Waals surface area contributed by atoms with Crippen LogP contribution in [0.5, 0.6) is 0 Å². The van der Waals surface area contributed by atoms with Gasteiger partial charge in [0.15, 0.2) is 0 Å². The molecular weight excluding hydrogens is 129 g/mol. The van der Waals surface area contributed by atoms with Crippen LogP contribution >= 0.6 is 0 Å². The summed E-state index contributed by atoms with van der Waals surface area (Å²) in [5.74, 6) is -0.285. The third-order valence-corrected chi connectivity index (χ3v) is 0.989. The van der Waals surface area contributed by atoms with Gasteiger partial charge in [0.05, 0.1) is 6.54 Å². The Hall–Kier alpha value is 0.430. The first-order valence-corrected chi connectivity index (χ1v) is 2.72. The molecule has 0 atom stereocenters. The van der Waals surface area contributed by atoms with Crippen molar-refractivity contribution < 1.29 is 9.53 Å². The molecule has 0 aliphatic heterocycles. The van der Waals surface area contributed by atoms with Crippen molar-refractivity contribution in [3.63, 3.8) is 0 Å². The van der Waals surface area contributed by atoms with Crippen molar-refractivity contribution in [2.24, 2.45) is 5.73 Å². The van der Waals surface area contributed by atoms with Crippen molar-refractivity contribution in [2.75, 3.05) is 6.54 Å². The number of ether oxygens (including phenoxy) is 1. The van der Waals surface area contributed by atoms with Gasteiger partial charge in [-0.25, -0.2) is 0 Å². The molecule has 3 nitrogen and oxygen atoms in total. The summed E-state index contributed by atoms with van der Waals surface area (Å²) in [6.07, 6.45) is 2.24. The molecule has 0 spiro atoms. The molecule has 9 heavy (non-hydrogen) atoms. The number of hydrogen-bond donors (Lipinski definition) is 1. The molecule has 1 aliphatic rings. The molecule has 0 unspecified atom stereocenters. The summed E-state index contributed by atoms with van der Waals surface area (Å²) in [6.45, 7) is 0.0104. The van der Waals surface area contributed by atoms with E-state index >= 15 is 0 Å². The van der Waals surface area contributed by atoms with E-state index in [1.54, 1.807) is 0 Å². The minimum atomic E-state index is -0.285. The van der Waals surface area contributed by atoms with Gasteiger partial charge < -0.3 is 10.5 Å². The molecule has 1 rings (SSSR count). The Labute approximate surface area is 76.2 Å². The number of nitrogens with two attached hydrogens (primary N) is 1. The number of carbonyl (C=O) groups excluding carboxylic acids is 1. The first-order chi connectivity index (χ1) is 3.83. The molecule has 0 aromatic heterocycles. The Morgan fingerprint density at radius 3 is 2.56 bits per heavy atom. The molecule has 1 radical (unpaired) electrons. The normalized spacial score (nSPS) is 16.1. The zero-order chi connectivity index (χ0) is 5.98. The Morgan fingerprint density at radius 1 is 1.67 bits per heavy atom. The van der Waals surface area contributed by atoms with Gasteiger partial charge in [-0.05, 0) is 12.8 Å². The molecule has 0 bridgehead atoms. The second-order valence-electron chi connectivity index (χ2n) is 1.89. The molecule has 1 aliphatic carbocycles. The van der Waals surface area contributed by atoms with Gasteiger partial charge in [0.2, 0.25) is 0 Å². The van der Waals surface area contributed by atoms with E-state index in [-0.39, 0.29) is 48.2 Å². The van der Waals surface area contributed by atoms with Gasteiger partial charge in [-0.3, -0.25) is 4.79 Å². The molecular formula is C5H9NNaO2. The number of carbonyl (C=O) groups is 1. The van der Waals surface area contributed by atoms with Crippen molar-refractivity contribution >= 4 is 35.5 Å². The Balaban J connectivity index is 0.000000640. The maximum Gasteiger partial charge on any atom is 0.319 e. The van der Waals surface area contributed by atoms with Gasteiger partial charge in [0.1, 0.15) is 6.10 Å². The Kier molecular flexibility index (Phi) is 4.48. The molecule has 2 N–H and O–H groups in total. The van der Waals surface area contributed by atoms with E-state index in [9.17, 15) is 4.79 Å². The summed E-state index contributed by atoms with van der Waals surface area (Å²) in [5, 5.41) is 0. The number of esters is 1. The molecule has 0 aromatic rings. The SMILES string of the molecule is NCC(=O)OC1CC1.[Na]. The zero-order valence-electron chi connectivity index (χ0n) is 5.59. The fourth-order valence-corrected chi connectivity index (χ4v) is 0.420. The Morgan fingerprint density at radius 2 is 2.22 bits per heavy atom. The minimum Gasteiger partial charge on any atom is -0.461 e. The van der Waals surface area contributed by atoms with Crippen LogP contribution in [0.3, 0.4) is 0 Å². The van der Waals surface area contributed by atoms with Crippen LogP contribution in [0.4, 0.5) is 0 Å². The van der Waals surface area contributed by atoms with Crippen LogP contribution in [-0.2, 0) is 9.53 Å². The van der Waals surface area contributed by atoms with Gasteiger partial charge in [-0.15, -0.1) is 0 Å². The van der Waals surface area contributed by atoms with Crippen LogP contribution < -0.4 is 5.73 Å². The number of hydrogen-bond acceptors (Lipinski definition) is 3. The smallest absolute Gasteiger partial charge is 0.319 e. The minimum absolute atomic E-state index is 0. The average Bonchev–Trinajstić information content (AvgIpc) is 2.50. The predicted molar refractivity (Wildman–Crippen MR) is 33.9 cm³/mol. The van der Waals surface area contributed by atoms with E-state index in [4.69, 9.17) is 10.5 Å². The summed E-state index contributed by atoms with van der Waals surface area (Å²) in [5.41, 5.74) is 4.97. The van der Waals surface area contributed by atoms with E-state index in [0.717, 1.165) is 12.8 Å². The summed E-state index contributed by atoms with van der Waals surface area (Å²) < 4.78 is 4.75. The molecule has 4 heteroatoms. The van der Waals surface area contributed by atoms with Gasteiger partial charge in [-0.1, -0.05) is 0 Å². The Bertz CT molecular complexity index is 103. The summed E-state index contributed by atoms with van der Waals surface area (Å²) in [4.78, 5) is 10.3. The van der Waals surface area contributed by atoms with Crippen LogP contribution in [0.15, 0.2) is 0 Å². The van der Waals surface area contributed by atoms with Crippen molar-refractivity contribution in [3.05, 3.63) is 0 Å². The summed E-state index contributed by atoms with van der Waals surface area (Å²) >= 11 is 0. The molecule has 1 fully saturated rings. The number of rotatable bonds is 2. The first-order valence-electron chi connectivity index (χ1n) is 2.72. The topological polar surface area (TPSA) is 52.3 Å². The van der Waals surface area contributed by atoms with Crippen LogP contribution in [0, 0.1) is 0 Å². The van der Waals surface area contributed by atoms with Crippen LogP contribution in [-0.4, -0.2) is 48.2 Å². The second-order valence-corrected chi connectivity index (χ2v) is 1.89. The van der Waals surface area contributed by atoms with Crippen molar-refractivity contribution in [1.29, 1.82) is 0 Å². The molecule has 0 amide bonds. The maximum atomic E-state index is 10.3. The van der Waals surface area contributed by atoms with Gasteiger partial charge in [0.25, 0.3) is 0 Å². The molecule has 0 aromatic carbocycles. The fourth-order valence-electron chi connectivity index (χ4n) is 0.420. The summed E-state index contributed by atoms with van der Waals surface area (Å²) in [7, 11) is 0. The van der Waals surface area contributed by atoms with E-state index < -0.39 is 0 Å². The maximum absolute atomic E-state index is 10.3. The standard InChI is InChI=1S/C5H9NO2.Na/c6-3-5(7)8-4-1-2-4;/h4H,1-3,6H2;.